The molecule has 70 valence electrons. The van der Waals surface area contributed by atoms with E-state index in [1.165, 1.54) is 0 Å². The highest BCUT2D eigenvalue weighted by molar-refractivity contribution is 5.68. The van der Waals surface area contributed by atoms with Crippen molar-refractivity contribution < 1.29 is 19.2 Å². The molecular weight excluding hydrogens is 185 g/mol. The van der Waals surface area contributed by atoms with Gasteiger partial charge in [0.05, 0.1) is 4.92 Å². The second-order valence-electron chi connectivity index (χ2n) is 2.10. The third kappa shape index (κ3) is 2.22. The summed E-state index contributed by atoms with van der Waals surface area (Å²) in [5, 5.41) is 13.6. The van der Waals surface area contributed by atoms with Gasteiger partial charge in [-0.05, 0) is 0 Å². The summed E-state index contributed by atoms with van der Waals surface area (Å²) in [6.45, 7) is -0.496. The zero-order valence-electron chi connectivity index (χ0n) is 6.21. The highest BCUT2D eigenvalue weighted by Gasteiger charge is 2.11. The summed E-state index contributed by atoms with van der Waals surface area (Å²) in [6, 6.07) is 0. The van der Waals surface area contributed by atoms with Crippen molar-refractivity contribution in [3.05, 3.63) is 22.5 Å². The van der Waals surface area contributed by atoms with Crippen molar-refractivity contribution in [2.24, 2.45) is 0 Å². The van der Waals surface area contributed by atoms with Crippen LogP contribution in [-0.4, -0.2) is 20.7 Å². The summed E-state index contributed by atoms with van der Waals surface area (Å²) < 4.78 is 12.1. The number of hydrogen-bond acceptors (Lipinski definition) is 5. The van der Waals surface area contributed by atoms with Crippen molar-refractivity contribution in [1.82, 2.24) is 9.78 Å². The molecule has 0 unspecified atom stereocenters. The molecule has 1 aromatic rings. The van der Waals surface area contributed by atoms with Crippen molar-refractivity contribution in [2.45, 2.75) is 6.54 Å². The molecule has 0 aromatic carbocycles. The molecule has 0 saturated carbocycles. The van der Waals surface area contributed by atoms with E-state index in [1.807, 2.05) is 0 Å². The van der Waals surface area contributed by atoms with Crippen LogP contribution in [0, 0.1) is 10.1 Å². The molecular formula is C5H4FN3O4. The van der Waals surface area contributed by atoms with Gasteiger partial charge in [0, 0.05) is 4.53 Å². The molecule has 0 amide bonds. The van der Waals surface area contributed by atoms with E-state index in [4.69, 9.17) is 0 Å². The van der Waals surface area contributed by atoms with Gasteiger partial charge in [0.1, 0.15) is 18.9 Å². The summed E-state index contributed by atoms with van der Waals surface area (Å²) in [7, 11) is 0. The van der Waals surface area contributed by atoms with Crippen molar-refractivity contribution in [1.29, 1.82) is 0 Å². The third-order valence-electron chi connectivity index (χ3n) is 1.21. The smallest absolute Gasteiger partial charge is 0.258 e. The van der Waals surface area contributed by atoms with Gasteiger partial charge in [-0.1, -0.05) is 0 Å². The van der Waals surface area contributed by atoms with Crippen LogP contribution in [0.3, 0.4) is 0 Å². The quantitative estimate of drug-likeness (QED) is 0.501. The zero-order chi connectivity index (χ0) is 9.84. The second-order valence-corrected chi connectivity index (χ2v) is 2.10. The van der Waals surface area contributed by atoms with Crippen LogP contribution in [0.1, 0.15) is 0 Å². The summed E-state index contributed by atoms with van der Waals surface area (Å²) >= 11 is 0. The molecule has 0 saturated heterocycles. The maximum Gasteiger partial charge on any atom is 0.370 e. The lowest BCUT2D eigenvalue weighted by molar-refractivity contribution is -0.385. The van der Waals surface area contributed by atoms with E-state index in [1.54, 1.807) is 0 Å². The molecule has 13 heavy (non-hydrogen) atoms. The van der Waals surface area contributed by atoms with Gasteiger partial charge in [-0.2, -0.15) is 5.10 Å². The number of nitro groups is 1. The molecule has 1 heterocycles. The Morgan fingerprint density at radius 1 is 1.85 bits per heavy atom. The number of carbonyl (C=O) groups excluding carboxylic acids is 1. The Morgan fingerprint density at radius 3 is 3.00 bits per heavy atom. The van der Waals surface area contributed by atoms with Crippen LogP contribution in [-0.2, 0) is 16.3 Å². The lowest BCUT2D eigenvalue weighted by Crippen LogP contribution is -2.10. The first-order valence-corrected chi connectivity index (χ1v) is 3.11. The average molecular weight is 189 g/mol. The Morgan fingerprint density at radius 2 is 2.54 bits per heavy atom. The molecule has 0 aliphatic heterocycles. The molecule has 0 N–H and O–H groups in total. The van der Waals surface area contributed by atoms with E-state index in [0.717, 1.165) is 17.1 Å². The van der Waals surface area contributed by atoms with Crippen molar-refractivity contribution in [3.63, 3.8) is 0 Å². The Bertz CT molecular complexity index is 336. The van der Waals surface area contributed by atoms with Gasteiger partial charge in [0.15, 0.2) is 0 Å². The normalized spacial score (nSPS) is 9.62. The summed E-state index contributed by atoms with van der Waals surface area (Å²) in [6.07, 6.45) is 1.95. The lowest BCUT2D eigenvalue weighted by atomic mass is 10.6. The van der Waals surface area contributed by atoms with Crippen LogP contribution < -0.4 is 0 Å². The first-order valence-electron chi connectivity index (χ1n) is 3.11. The van der Waals surface area contributed by atoms with Gasteiger partial charge < -0.3 is 0 Å². The van der Waals surface area contributed by atoms with E-state index in [-0.39, 0.29) is 5.69 Å². The highest BCUT2D eigenvalue weighted by Crippen LogP contribution is 2.07. The Hall–Kier alpha value is -1.99. The third-order valence-corrected chi connectivity index (χ3v) is 1.21. The van der Waals surface area contributed by atoms with Crippen molar-refractivity contribution in [2.75, 3.05) is 0 Å². The van der Waals surface area contributed by atoms with Gasteiger partial charge in [0.25, 0.3) is 0 Å². The number of carbonyl (C=O) groups is 1. The minimum Gasteiger partial charge on any atom is -0.258 e. The Balaban J connectivity index is 2.69. The van der Waals surface area contributed by atoms with Crippen LogP contribution in [0.25, 0.3) is 0 Å². The predicted molar refractivity (Wildman–Crippen MR) is 36.1 cm³/mol. The minimum absolute atomic E-state index is 0.272. The molecule has 8 heteroatoms. The number of aromatic nitrogens is 2. The summed E-state index contributed by atoms with van der Waals surface area (Å²) in [5.41, 5.74) is -0.272. The van der Waals surface area contributed by atoms with Crippen molar-refractivity contribution >= 4 is 11.7 Å². The van der Waals surface area contributed by atoms with E-state index in [9.17, 15) is 19.4 Å². The largest absolute Gasteiger partial charge is 0.370 e. The Kier molecular flexibility index (Phi) is 2.52. The van der Waals surface area contributed by atoms with Crippen LogP contribution in [0.15, 0.2) is 12.4 Å². The molecule has 1 aromatic heterocycles. The molecule has 0 spiro atoms. The molecule has 0 fully saturated rings. The predicted octanol–water partition coefficient (Wildman–Crippen LogP) is 0.219. The first kappa shape index (κ1) is 9.10. The van der Waals surface area contributed by atoms with Crippen LogP contribution in [0.5, 0.6) is 0 Å². The van der Waals surface area contributed by atoms with E-state index in [2.05, 4.69) is 10.0 Å². The standard InChI is InChI=1S/C5H4FN3O4/c6-13-5(10)3-8-2-4(1-7-8)9(11)12/h1-2H,3H2. The van der Waals surface area contributed by atoms with E-state index >= 15 is 0 Å². The van der Waals surface area contributed by atoms with Crippen LogP contribution in [0.4, 0.5) is 10.2 Å². The molecule has 0 bridgehead atoms. The molecule has 7 nitrogen and oxygen atoms in total. The zero-order valence-corrected chi connectivity index (χ0v) is 6.21. The van der Waals surface area contributed by atoms with Gasteiger partial charge in [0.2, 0.25) is 0 Å². The maximum atomic E-state index is 11.2. The monoisotopic (exact) mass is 189 g/mol. The number of halogens is 1. The fourth-order valence-corrected chi connectivity index (χ4v) is 0.690. The van der Waals surface area contributed by atoms with Gasteiger partial charge >= 0.3 is 11.7 Å². The molecule has 1 rings (SSSR count). The molecule has 0 aliphatic carbocycles. The van der Waals surface area contributed by atoms with Gasteiger partial charge in [-0.3, -0.25) is 19.7 Å². The average Bonchev–Trinajstić information content (AvgIpc) is 2.52. The second kappa shape index (κ2) is 3.61. The number of hydrogen-bond donors (Lipinski definition) is 0. The topological polar surface area (TPSA) is 87.3 Å². The Labute approximate surface area is 70.8 Å². The maximum absolute atomic E-state index is 11.2. The summed E-state index contributed by atoms with van der Waals surface area (Å²) in [5.74, 6) is -1.17. The molecule has 0 aliphatic rings. The fourth-order valence-electron chi connectivity index (χ4n) is 0.690. The van der Waals surface area contributed by atoms with E-state index in [0.29, 0.717) is 0 Å². The minimum atomic E-state index is -1.17. The fraction of sp³-hybridized carbons (Fsp3) is 0.200. The van der Waals surface area contributed by atoms with Crippen molar-refractivity contribution in [3.8, 4) is 0 Å². The molecule has 0 atom stereocenters. The summed E-state index contributed by atoms with van der Waals surface area (Å²) in [4.78, 5) is 22.6. The highest BCUT2D eigenvalue weighted by atomic mass is 19.3. The molecule has 0 radical (unpaired) electrons. The number of nitrogens with zero attached hydrogens (tertiary/aromatic N) is 3. The first-order chi connectivity index (χ1) is 6.13. The van der Waals surface area contributed by atoms with Gasteiger partial charge in [-0.15, -0.1) is 0 Å². The lowest BCUT2D eigenvalue weighted by Gasteiger charge is -1.93. The SMILES string of the molecule is O=C(Cn1cc([N+](=O)[O-])cn1)OF. The van der Waals surface area contributed by atoms with Crippen LogP contribution >= 0.6 is 0 Å². The van der Waals surface area contributed by atoms with E-state index < -0.39 is 17.4 Å². The number of rotatable bonds is 3. The van der Waals surface area contributed by atoms with Gasteiger partial charge in [-0.25, -0.2) is 4.79 Å². The van der Waals surface area contributed by atoms with Crippen LogP contribution in [0.2, 0.25) is 0 Å².